The van der Waals surface area contributed by atoms with Gasteiger partial charge in [0.15, 0.2) is 0 Å². The second-order valence-corrected chi connectivity index (χ2v) is 3.74. The van der Waals surface area contributed by atoms with Gasteiger partial charge in [-0.05, 0) is 31.4 Å². The number of nitriles is 1. The lowest BCUT2D eigenvalue weighted by Crippen LogP contribution is -1.98. The molecule has 92 valence electrons. The molecule has 0 radical (unpaired) electrons. The van der Waals surface area contributed by atoms with Crippen LogP contribution in [0.25, 0.3) is 0 Å². The number of rotatable bonds is 7. The van der Waals surface area contributed by atoms with Crippen molar-refractivity contribution in [2.75, 3.05) is 13.2 Å². The van der Waals surface area contributed by atoms with Crippen LogP contribution in [0, 0.1) is 17.1 Å². The molecule has 0 aliphatic heterocycles. The van der Waals surface area contributed by atoms with Crippen LogP contribution in [0.15, 0.2) is 18.2 Å². The Kier molecular flexibility index (Phi) is 6.05. The van der Waals surface area contributed by atoms with Gasteiger partial charge in [0, 0.05) is 12.7 Å². The van der Waals surface area contributed by atoms with E-state index in [1.165, 1.54) is 12.1 Å². The van der Waals surface area contributed by atoms with Crippen LogP contribution in [0.2, 0.25) is 0 Å². The van der Waals surface area contributed by atoms with E-state index < -0.39 is 5.82 Å². The Bertz CT molecular complexity index is 387. The number of hydrogen-bond donors (Lipinski definition) is 1. The summed E-state index contributed by atoms with van der Waals surface area (Å²) in [5.74, 6) is -0.103. The van der Waals surface area contributed by atoms with Crippen molar-refractivity contribution in [3.05, 3.63) is 29.6 Å². The van der Waals surface area contributed by atoms with Gasteiger partial charge in [0.25, 0.3) is 0 Å². The molecule has 0 aromatic heterocycles. The molecular formula is C13H16FNO2. The molecule has 0 heterocycles. The van der Waals surface area contributed by atoms with Crippen LogP contribution in [0.5, 0.6) is 5.75 Å². The molecule has 1 aromatic carbocycles. The first-order valence-electron chi connectivity index (χ1n) is 5.71. The number of aliphatic hydroxyl groups is 1. The molecule has 1 N–H and O–H groups in total. The van der Waals surface area contributed by atoms with Crippen LogP contribution in [-0.2, 0) is 0 Å². The molecule has 0 amide bonds. The first-order chi connectivity index (χ1) is 8.27. The summed E-state index contributed by atoms with van der Waals surface area (Å²) in [6.45, 7) is 0.748. The summed E-state index contributed by atoms with van der Waals surface area (Å²) in [5.41, 5.74) is 0.0281. The minimum absolute atomic E-state index is 0.0281. The topological polar surface area (TPSA) is 53.2 Å². The zero-order valence-electron chi connectivity index (χ0n) is 9.66. The maximum atomic E-state index is 13.2. The zero-order chi connectivity index (χ0) is 12.5. The van der Waals surface area contributed by atoms with Crippen molar-refractivity contribution in [3.8, 4) is 11.8 Å². The lowest BCUT2D eigenvalue weighted by atomic mass is 10.2. The average molecular weight is 237 g/mol. The van der Waals surface area contributed by atoms with Crippen molar-refractivity contribution in [3.63, 3.8) is 0 Å². The summed E-state index contributed by atoms with van der Waals surface area (Å²) < 4.78 is 18.6. The van der Waals surface area contributed by atoms with Gasteiger partial charge in [-0.15, -0.1) is 0 Å². The van der Waals surface area contributed by atoms with Gasteiger partial charge in [-0.1, -0.05) is 6.42 Å². The van der Waals surface area contributed by atoms with Crippen LogP contribution >= 0.6 is 0 Å². The van der Waals surface area contributed by atoms with Gasteiger partial charge < -0.3 is 9.84 Å². The van der Waals surface area contributed by atoms with E-state index in [1.807, 2.05) is 0 Å². The molecule has 1 aromatic rings. The van der Waals surface area contributed by atoms with Gasteiger partial charge in [0.1, 0.15) is 17.6 Å². The number of unbranched alkanes of at least 4 members (excludes halogenated alkanes) is 3. The Hall–Kier alpha value is -1.60. The molecule has 0 spiro atoms. The Morgan fingerprint density at radius 3 is 2.65 bits per heavy atom. The fourth-order valence-electron chi connectivity index (χ4n) is 1.43. The molecule has 17 heavy (non-hydrogen) atoms. The third-order valence-electron chi connectivity index (χ3n) is 2.38. The summed E-state index contributed by atoms with van der Waals surface area (Å²) >= 11 is 0. The van der Waals surface area contributed by atoms with Gasteiger partial charge >= 0.3 is 0 Å². The molecule has 0 aliphatic carbocycles. The van der Waals surface area contributed by atoms with E-state index in [-0.39, 0.29) is 12.2 Å². The quantitative estimate of drug-likeness (QED) is 0.742. The molecule has 0 atom stereocenters. The summed E-state index contributed by atoms with van der Waals surface area (Å²) in [6.07, 6.45) is 3.65. The first-order valence-corrected chi connectivity index (χ1v) is 5.71. The van der Waals surface area contributed by atoms with Crippen LogP contribution in [0.4, 0.5) is 4.39 Å². The fraction of sp³-hybridized carbons (Fsp3) is 0.462. The predicted molar refractivity (Wildman–Crippen MR) is 62.2 cm³/mol. The second-order valence-electron chi connectivity index (χ2n) is 3.74. The van der Waals surface area contributed by atoms with E-state index in [0.717, 1.165) is 25.7 Å². The predicted octanol–water partition coefficient (Wildman–Crippen LogP) is 2.63. The van der Waals surface area contributed by atoms with Crippen molar-refractivity contribution in [2.24, 2.45) is 0 Å². The molecule has 0 unspecified atom stereocenters. The van der Waals surface area contributed by atoms with E-state index in [2.05, 4.69) is 0 Å². The third-order valence-corrected chi connectivity index (χ3v) is 2.38. The summed E-state index contributed by atoms with van der Waals surface area (Å²) in [5, 5.41) is 17.1. The van der Waals surface area contributed by atoms with Crippen LogP contribution in [0.3, 0.4) is 0 Å². The number of ether oxygens (including phenoxy) is 1. The first kappa shape index (κ1) is 13.5. The van der Waals surface area contributed by atoms with Gasteiger partial charge in [0.05, 0.1) is 12.2 Å². The van der Waals surface area contributed by atoms with Gasteiger partial charge in [-0.25, -0.2) is 4.39 Å². The number of hydrogen-bond acceptors (Lipinski definition) is 3. The molecule has 4 heteroatoms. The maximum absolute atomic E-state index is 13.2. The second kappa shape index (κ2) is 7.64. The molecule has 0 aliphatic rings. The summed E-state index contributed by atoms with van der Waals surface area (Å²) in [7, 11) is 0. The highest BCUT2D eigenvalue weighted by Crippen LogP contribution is 2.16. The fourth-order valence-corrected chi connectivity index (χ4v) is 1.43. The van der Waals surface area contributed by atoms with Gasteiger partial charge in [-0.3, -0.25) is 0 Å². The number of benzene rings is 1. The van der Waals surface area contributed by atoms with E-state index in [4.69, 9.17) is 15.1 Å². The van der Waals surface area contributed by atoms with Crippen LogP contribution in [-0.4, -0.2) is 18.3 Å². The Labute approximate surface area is 100 Å². The minimum Gasteiger partial charge on any atom is -0.493 e. The largest absolute Gasteiger partial charge is 0.493 e. The highest BCUT2D eigenvalue weighted by atomic mass is 19.1. The Morgan fingerprint density at radius 1 is 1.24 bits per heavy atom. The number of aliphatic hydroxyl groups excluding tert-OH is 1. The lowest BCUT2D eigenvalue weighted by Gasteiger charge is -2.06. The van der Waals surface area contributed by atoms with Gasteiger partial charge in [0.2, 0.25) is 0 Å². The van der Waals surface area contributed by atoms with E-state index in [1.54, 1.807) is 12.1 Å². The summed E-state index contributed by atoms with van der Waals surface area (Å²) in [4.78, 5) is 0. The van der Waals surface area contributed by atoms with Crippen molar-refractivity contribution >= 4 is 0 Å². The van der Waals surface area contributed by atoms with Crippen molar-refractivity contribution < 1.29 is 14.2 Å². The Morgan fingerprint density at radius 2 is 2.00 bits per heavy atom. The minimum atomic E-state index is -0.551. The maximum Gasteiger partial charge on any atom is 0.144 e. The highest BCUT2D eigenvalue weighted by Gasteiger charge is 2.02. The van der Waals surface area contributed by atoms with Crippen LogP contribution < -0.4 is 4.74 Å². The average Bonchev–Trinajstić information content (AvgIpc) is 2.34. The molecular weight excluding hydrogens is 221 g/mol. The molecule has 0 saturated carbocycles. The van der Waals surface area contributed by atoms with Gasteiger partial charge in [-0.2, -0.15) is 5.26 Å². The number of nitrogens with zero attached hydrogens (tertiary/aromatic N) is 1. The standard InChI is InChI=1S/C13H16FNO2/c14-13-9-12(6-5-11(13)10-15)17-8-4-2-1-3-7-16/h5-6,9,16H,1-4,7-8H2. The third kappa shape index (κ3) is 4.83. The Balaban J connectivity index is 2.28. The molecule has 3 nitrogen and oxygen atoms in total. The molecule has 0 bridgehead atoms. The van der Waals surface area contributed by atoms with E-state index in [0.29, 0.717) is 12.4 Å². The smallest absolute Gasteiger partial charge is 0.144 e. The number of halogens is 1. The van der Waals surface area contributed by atoms with E-state index in [9.17, 15) is 4.39 Å². The van der Waals surface area contributed by atoms with E-state index >= 15 is 0 Å². The zero-order valence-corrected chi connectivity index (χ0v) is 9.66. The molecule has 0 saturated heterocycles. The highest BCUT2D eigenvalue weighted by molar-refractivity contribution is 5.36. The van der Waals surface area contributed by atoms with Crippen molar-refractivity contribution in [1.82, 2.24) is 0 Å². The monoisotopic (exact) mass is 237 g/mol. The van der Waals surface area contributed by atoms with Crippen LogP contribution in [0.1, 0.15) is 31.2 Å². The summed E-state index contributed by atoms with van der Waals surface area (Å²) in [6, 6.07) is 5.99. The molecule has 0 fully saturated rings. The van der Waals surface area contributed by atoms with Crippen molar-refractivity contribution in [1.29, 1.82) is 5.26 Å². The van der Waals surface area contributed by atoms with Crippen molar-refractivity contribution in [2.45, 2.75) is 25.7 Å². The molecule has 1 rings (SSSR count). The normalized spacial score (nSPS) is 9.94. The SMILES string of the molecule is N#Cc1ccc(OCCCCCCO)cc1F. The lowest BCUT2D eigenvalue weighted by molar-refractivity contribution is 0.273.